The first-order valence-corrected chi connectivity index (χ1v) is 9.25. The zero-order valence-corrected chi connectivity index (χ0v) is 15.4. The zero-order valence-electron chi connectivity index (χ0n) is 15.4. The summed E-state index contributed by atoms with van der Waals surface area (Å²) in [5.74, 6) is 0.0503. The van der Waals surface area contributed by atoms with Crippen LogP contribution in [-0.2, 0) is 16.1 Å². The number of carbonyl (C=O) groups is 2. The fraction of sp³-hybridized carbons (Fsp3) is 0.600. The van der Waals surface area contributed by atoms with E-state index in [0.29, 0.717) is 25.9 Å². The summed E-state index contributed by atoms with van der Waals surface area (Å²) in [7, 11) is 0. The van der Waals surface area contributed by atoms with Gasteiger partial charge in [0.1, 0.15) is 6.04 Å². The lowest BCUT2D eigenvalue weighted by atomic mass is 10.1. The molecule has 4 nitrogen and oxygen atoms in total. The molecule has 1 aromatic carbocycles. The van der Waals surface area contributed by atoms with E-state index in [0.717, 1.165) is 31.2 Å². The van der Waals surface area contributed by atoms with Crippen LogP contribution in [0, 0.1) is 0 Å². The van der Waals surface area contributed by atoms with E-state index in [4.69, 9.17) is 0 Å². The second-order valence-electron chi connectivity index (χ2n) is 6.17. The van der Waals surface area contributed by atoms with Gasteiger partial charge in [-0.25, -0.2) is 0 Å². The number of nitrogens with one attached hydrogen (secondary N) is 1. The van der Waals surface area contributed by atoms with E-state index in [2.05, 4.69) is 19.2 Å². The van der Waals surface area contributed by atoms with Gasteiger partial charge < -0.3 is 10.2 Å². The molecule has 134 valence electrons. The van der Waals surface area contributed by atoms with Gasteiger partial charge in [-0.1, -0.05) is 63.9 Å². The Morgan fingerprint density at radius 2 is 1.71 bits per heavy atom. The molecule has 0 aliphatic carbocycles. The van der Waals surface area contributed by atoms with E-state index in [1.165, 1.54) is 0 Å². The van der Waals surface area contributed by atoms with Crippen molar-refractivity contribution in [2.24, 2.45) is 0 Å². The molecule has 1 aromatic rings. The molecule has 0 radical (unpaired) electrons. The lowest BCUT2D eigenvalue weighted by Gasteiger charge is -2.30. The van der Waals surface area contributed by atoms with Crippen LogP contribution in [0.1, 0.15) is 64.9 Å². The van der Waals surface area contributed by atoms with E-state index < -0.39 is 0 Å². The number of benzene rings is 1. The Morgan fingerprint density at radius 3 is 2.29 bits per heavy atom. The molecule has 24 heavy (non-hydrogen) atoms. The third-order valence-electron chi connectivity index (χ3n) is 4.19. The third-order valence-corrected chi connectivity index (χ3v) is 4.19. The minimum absolute atomic E-state index is 0.0534. The van der Waals surface area contributed by atoms with Gasteiger partial charge >= 0.3 is 0 Å². The van der Waals surface area contributed by atoms with Crippen LogP contribution in [0.15, 0.2) is 30.3 Å². The minimum atomic E-state index is -0.371. The predicted octanol–water partition coefficient (Wildman–Crippen LogP) is 3.90. The predicted molar refractivity (Wildman–Crippen MR) is 98.5 cm³/mol. The van der Waals surface area contributed by atoms with Gasteiger partial charge in [0.15, 0.2) is 0 Å². The number of amides is 2. The lowest BCUT2D eigenvalue weighted by molar-refractivity contribution is -0.141. The maximum atomic E-state index is 12.6. The number of nitrogens with zero attached hydrogens (tertiary/aromatic N) is 1. The van der Waals surface area contributed by atoms with Gasteiger partial charge in [0.25, 0.3) is 0 Å². The number of hydrogen-bond donors (Lipinski definition) is 1. The zero-order chi connectivity index (χ0) is 17.8. The molecule has 0 saturated carbocycles. The number of unbranched alkanes of at least 4 members (excludes halogenated alkanes) is 2. The molecular weight excluding hydrogens is 300 g/mol. The molecule has 0 heterocycles. The second-order valence-corrected chi connectivity index (χ2v) is 6.17. The van der Waals surface area contributed by atoms with Gasteiger partial charge in [-0.15, -0.1) is 0 Å². The summed E-state index contributed by atoms with van der Waals surface area (Å²) in [6.07, 6.45) is 4.98. The Labute approximate surface area is 146 Å². The van der Waals surface area contributed by atoms with Crippen LogP contribution in [0.3, 0.4) is 0 Å². The SMILES string of the molecule is CCCCC(=O)N(CCCC)C(CC)C(=O)NCc1ccccc1. The number of hydrogen-bond acceptors (Lipinski definition) is 2. The topological polar surface area (TPSA) is 49.4 Å². The van der Waals surface area contributed by atoms with Gasteiger partial charge in [0.05, 0.1) is 0 Å². The number of rotatable bonds is 11. The molecule has 1 N–H and O–H groups in total. The van der Waals surface area contributed by atoms with Gasteiger partial charge in [-0.2, -0.15) is 0 Å². The normalized spacial score (nSPS) is 11.8. The average Bonchev–Trinajstić information content (AvgIpc) is 2.62. The highest BCUT2D eigenvalue weighted by Crippen LogP contribution is 2.12. The van der Waals surface area contributed by atoms with E-state index in [-0.39, 0.29) is 17.9 Å². The summed E-state index contributed by atoms with van der Waals surface area (Å²) in [5.41, 5.74) is 1.07. The summed E-state index contributed by atoms with van der Waals surface area (Å²) in [6.45, 7) is 7.31. The summed E-state index contributed by atoms with van der Waals surface area (Å²) in [4.78, 5) is 26.9. The molecule has 0 aliphatic rings. The summed E-state index contributed by atoms with van der Waals surface area (Å²) in [6, 6.07) is 9.48. The van der Waals surface area contributed by atoms with E-state index in [1.54, 1.807) is 4.90 Å². The van der Waals surface area contributed by atoms with Crippen LogP contribution in [0.2, 0.25) is 0 Å². The van der Waals surface area contributed by atoms with E-state index in [9.17, 15) is 9.59 Å². The molecule has 0 aromatic heterocycles. The highest BCUT2D eigenvalue weighted by molar-refractivity contribution is 5.87. The molecule has 0 bridgehead atoms. The molecule has 0 fully saturated rings. The Bertz CT molecular complexity index is 488. The standard InChI is InChI=1S/C20H32N2O2/c1-4-7-14-19(23)22(15-8-5-2)18(6-3)20(24)21-16-17-12-10-9-11-13-17/h9-13,18H,4-8,14-16H2,1-3H3,(H,21,24). The average molecular weight is 332 g/mol. The molecule has 2 amide bonds. The first-order chi connectivity index (χ1) is 11.6. The van der Waals surface area contributed by atoms with E-state index >= 15 is 0 Å². The highest BCUT2D eigenvalue weighted by Gasteiger charge is 2.27. The maximum Gasteiger partial charge on any atom is 0.243 e. The van der Waals surface area contributed by atoms with Crippen molar-refractivity contribution in [3.8, 4) is 0 Å². The van der Waals surface area contributed by atoms with Crippen LogP contribution in [-0.4, -0.2) is 29.3 Å². The first-order valence-electron chi connectivity index (χ1n) is 9.25. The Kier molecular flexibility index (Phi) is 9.81. The van der Waals surface area contributed by atoms with Crippen molar-refractivity contribution in [2.75, 3.05) is 6.54 Å². The largest absolute Gasteiger partial charge is 0.350 e. The van der Waals surface area contributed by atoms with Gasteiger partial charge in [0.2, 0.25) is 11.8 Å². The van der Waals surface area contributed by atoms with Crippen molar-refractivity contribution >= 4 is 11.8 Å². The maximum absolute atomic E-state index is 12.6. The second kappa shape index (κ2) is 11.7. The van der Waals surface area contributed by atoms with Gasteiger partial charge in [0, 0.05) is 19.5 Å². The smallest absolute Gasteiger partial charge is 0.243 e. The quantitative estimate of drug-likeness (QED) is 0.668. The van der Waals surface area contributed by atoms with Gasteiger partial charge in [-0.3, -0.25) is 9.59 Å². The molecule has 0 aliphatic heterocycles. The molecule has 1 atom stereocenters. The Morgan fingerprint density at radius 1 is 1.04 bits per heavy atom. The lowest BCUT2D eigenvalue weighted by Crippen LogP contribution is -2.49. The van der Waals surface area contributed by atoms with Crippen molar-refractivity contribution in [1.29, 1.82) is 0 Å². The Hall–Kier alpha value is -1.84. The fourth-order valence-corrected chi connectivity index (χ4v) is 2.70. The molecule has 4 heteroatoms. The van der Waals surface area contributed by atoms with Crippen molar-refractivity contribution in [3.05, 3.63) is 35.9 Å². The van der Waals surface area contributed by atoms with Gasteiger partial charge in [-0.05, 0) is 24.8 Å². The third kappa shape index (κ3) is 6.73. The summed E-state index contributed by atoms with van der Waals surface area (Å²) in [5, 5.41) is 2.99. The van der Waals surface area contributed by atoms with Crippen molar-refractivity contribution in [3.63, 3.8) is 0 Å². The monoisotopic (exact) mass is 332 g/mol. The Balaban J connectivity index is 2.71. The number of carbonyl (C=O) groups excluding carboxylic acids is 2. The van der Waals surface area contributed by atoms with Crippen molar-refractivity contribution in [1.82, 2.24) is 10.2 Å². The van der Waals surface area contributed by atoms with E-state index in [1.807, 2.05) is 37.3 Å². The van der Waals surface area contributed by atoms with Crippen LogP contribution >= 0.6 is 0 Å². The van der Waals surface area contributed by atoms with Crippen LogP contribution < -0.4 is 5.32 Å². The first kappa shape index (κ1) is 20.2. The molecular formula is C20H32N2O2. The van der Waals surface area contributed by atoms with Crippen molar-refractivity contribution in [2.45, 2.75) is 71.9 Å². The highest BCUT2D eigenvalue weighted by atomic mass is 16.2. The summed E-state index contributed by atoms with van der Waals surface area (Å²) < 4.78 is 0. The van der Waals surface area contributed by atoms with Crippen LogP contribution in [0.25, 0.3) is 0 Å². The molecule has 1 unspecified atom stereocenters. The van der Waals surface area contributed by atoms with Crippen LogP contribution in [0.4, 0.5) is 0 Å². The van der Waals surface area contributed by atoms with Crippen LogP contribution in [0.5, 0.6) is 0 Å². The fourth-order valence-electron chi connectivity index (χ4n) is 2.70. The molecule has 1 rings (SSSR count). The minimum Gasteiger partial charge on any atom is -0.350 e. The molecule has 0 spiro atoms. The van der Waals surface area contributed by atoms with Crippen molar-refractivity contribution < 1.29 is 9.59 Å². The molecule has 0 saturated heterocycles. The summed E-state index contributed by atoms with van der Waals surface area (Å²) >= 11 is 0.